The zero-order chi connectivity index (χ0) is 25.1. The van der Waals surface area contributed by atoms with Crippen molar-refractivity contribution in [1.29, 1.82) is 0 Å². The summed E-state index contributed by atoms with van der Waals surface area (Å²) in [7, 11) is 0. The van der Waals surface area contributed by atoms with Crippen molar-refractivity contribution in [2.24, 2.45) is 0 Å². The van der Waals surface area contributed by atoms with Crippen molar-refractivity contribution in [1.82, 2.24) is 10.2 Å². The maximum Gasteiger partial charge on any atom is 0.277 e. The summed E-state index contributed by atoms with van der Waals surface area (Å²) in [5.74, 6) is 0.118. The molecule has 5 rings (SSSR count). The Hall–Kier alpha value is -5.38. The fourth-order valence-corrected chi connectivity index (χ4v) is 3.74. The van der Waals surface area contributed by atoms with Crippen molar-refractivity contribution in [3.8, 4) is 22.9 Å². The molecule has 0 aliphatic heterocycles. The van der Waals surface area contributed by atoms with Crippen molar-refractivity contribution >= 4 is 28.4 Å². The Kier molecular flexibility index (Phi) is 5.90. The van der Waals surface area contributed by atoms with Gasteiger partial charge in [0, 0.05) is 34.8 Å². The third-order valence-electron chi connectivity index (χ3n) is 5.40. The predicted molar refractivity (Wildman–Crippen MR) is 133 cm³/mol. The molecule has 0 amide bonds. The summed E-state index contributed by atoms with van der Waals surface area (Å²) in [5, 5.41) is 30.4. The number of non-ortho nitro benzene ring substituents is 2. The van der Waals surface area contributed by atoms with E-state index >= 15 is 0 Å². The maximum absolute atomic E-state index is 11.2. The molecule has 10 heteroatoms. The highest BCUT2D eigenvalue weighted by Gasteiger charge is 2.21. The second kappa shape index (κ2) is 9.47. The third kappa shape index (κ3) is 4.50. The molecule has 0 atom stereocenters. The van der Waals surface area contributed by atoms with Crippen LogP contribution in [0.25, 0.3) is 22.9 Å². The molecule has 36 heavy (non-hydrogen) atoms. The monoisotopic (exact) mass is 479 g/mol. The first kappa shape index (κ1) is 22.4. The standard InChI is InChI=1S/C26H17N5O5/c32-30(33)23-15-19(16-24(17-23)31(34)35)26-28-27-25(36-26)18-11-13-22(14-12-18)29(20-7-3-1-4-8-20)21-9-5-2-6-10-21/h1-17H. The molecular weight excluding hydrogens is 462 g/mol. The van der Waals surface area contributed by atoms with Crippen molar-refractivity contribution in [3.63, 3.8) is 0 Å². The molecule has 0 saturated carbocycles. The Balaban J connectivity index is 1.48. The number of para-hydroxylation sites is 2. The van der Waals surface area contributed by atoms with Gasteiger partial charge in [-0.1, -0.05) is 36.4 Å². The molecule has 4 aromatic carbocycles. The Morgan fingerprint density at radius 3 is 1.50 bits per heavy atom. The summed E-state index contributed by atoms with van der Waals surface area (Å²) in [4.78, 5) is 23.1. The quantitative estimate of drug-likeness (QED) is 0.186. The number of anilines is 3. The minimum absolute atomic E-state index is 0.0592. The number of nitro benzene ring substituents is 2. The maximum atomic E-state index is 11.2. The molecule has 0 fully saturated rings. The zero-order valence-corrected chi connectivity index (χ0v) is 18.6. The van der Waals surface area contributed by atoms with Crippen LogP contribution in [0, 0.1) is 20.2 Å². The highest BCUT2D eigenvalue weighted by molar-refractivity contribution is 5.77. The summed E-state index contributed by atoms with van der Waals surface area (Å²) >= 11 is 0. The number of hydrogen-bond donors (Lipinski definition) is 0. The van der Waals surface area contributed by atoms with Gasteiger partial charge in [0.05, 0.1) is 21.5 Å². The molecule has 0 unspecified atom stereocenters. The van der Waals surface area contributed by atoms with E-state index in [0.717, 1.165) is 35.3 Å². The Labute approximate surface area is 204 Å². The Morgan fingerprint density at radius 1 is 0.583 bits per heavy atom. The minimum atomic E-state index is -0.711. The van der Waals surface area contributed by atoms with Crippen LogP contribution in [0.2, 0.25) is 0 Å². The average Bonchev–Trinajstić information content (AvgIpc) is 3.41. The van der Waals surface area contributed by atoms with E-state index in [-0.39, 0.29) is 17.3 Å². The van der Waals surface area contributed by atoms with Crippen molar-refractivity contribution < 1.29 is 14.3 Å². The first-order chi connectivity index (χ1) is 17.5. The SMILES string of the molecule is O=[N+]([O-])c1cc(-c2nnc(-c3ccc(N(c4ccccc4)c4ccccc4)cc3)o2)cc([N+](=O)[O-])c1. The molecule has 0 radical (unpaired) electrons. The van der Waals surface area contributed by atoms with Gasteiger partial charge in [0.1, 0.15) is 0 Å². The van der Waals surface area contributed by atoms with Gasteiger partial charge < -0.3 is 9.32 Å². The molecule has 0 bridgehead atoms. The van der Waals surface area contributed by atoms with E-state index in [9.17, 15) is 20.2 Å². The minimum Gasteiger partial charge on any atom is -0.416 e. The second-order valence-electron chi connectivity index (χ2n) is 7.72. The number of nitro groups is 2. The van der Waals surface area contributed by atoms with Gasteiger partial charge in [0.25, 0.3) is 11.4 Å². The average molecular weight is 479 g/mol. The van der Waals surface area contributed by atoms with E-state index in [4.69, 9.17) is 4.42 Å². The van der Waals surface area contributed by atoms with Crippen molar-refractivity contribution in [2.45, 2.75) is 0 Å². The van der Waals surface area contributed by atoms with Gasteiger partial charge in [0.2, 0.25) is 11.8 Å². The molecular formula is C26H17N5O5. The summed E-state index contributed by atoms with van der Waals surface area (Å²) in [6.07, 6.45) is 0. The van der Waals surface area contributed by atoms with Crippen LogP contribution in [-0.2, 0) is 0 Å². The molecule has 10 nitrogen and oxygen atoms in total. The van der Waals surface area contributed by atoms with Gasteiger partial charge in [0.15, 0.2) is 0 Å². The summed E-state index contributed by atoms with van der Waals surface area (Å²) in [6.45, 7) is 0. The number of nitrogens with zero attached hydrogens (tertiary/aromatic N) is 5. The van der Waals surface area contributed by atoms with E-state index in [1.165, 1.54) is 0 Å². The molecule has 5 aromatic rings. The number of hydrogen-bond acceptors (Lipinski definition) is 8. The first-order valence-electron chi connectivity index (χ1n) is 10.8. The highest BCUT2D eigenvalue weighted by atomic mass is 16.6. The van der Waals surface area contributed by atoms with E-state index in [0.29, 0.717) is 5.56 Å². The molecule has 1 aromatic heterocycles. The van der Waals surface area contributed by atoms with Crippen LogP contribution in [0.5, 0.6) is 0 Å². The van der Waals surface area contributed by atoms with E-state index in [1.54, 1.807) is 0 Å². The smallest absolute Gasteiger partial charge is 0.277 e. The zero-order valence-electron chi connectivity index (χ0n) is 18.6. The predicted octanol–water partition coefficient (Wildman–Crippen LogP) is 6.69. The lowest BCUT2D eigenvalue weighted by molar-refractivity contribution is -0.394. The Morgan fingerprint density at radius 2 is 1.03 bits per heavy atom. The largest absolute Gasteiger partial charge is 0.416 e. The van der Waals surface area contributed by atoms with Crippen LogP contribution in [0.3, 0.4) is 0 Å². The molecule has 176 valence electrons. The third-order valence-corrected chi connectivity index (χ3v) is 5.40. The van der Waals surface area contributed by atoms with Crippen molar-refractivity contribution in [3.05, 3.63) is 123 Å². The van der Waals surface area contributed by atoms with Crippen LogP contribution >= 0.6 is 0 Å². The van der Waals surface area contributed by atoms with E-state index in [1.807, 2.05) is 84.9 Å². The van der Waals surface area contributed by atoms with E-state index in [2.05, 4.69) is 15.1 Å². The first-order valence-corrected chi connectivity index (χ1v) is 10.8. The number of rotatable bonds is 7. The molecule has 1 heterocycles. The van der Waals surface area contributed by atoms with Gasteiger partial charge in [-0.3, -0.25) is 20.2 Å². The normalized spacial score (nSPS) is 10.7. The summed E-state index contributed by atoms with van der Waals surface area (Å²) in [5.41, 5.74) is 2.72. The van der Waals surface area contributed by atoms with Gasteiger partial charge in [-0.2, -0.15) is 0 Å². The summed E-state index contributed by atoms with van der Waals surface area (Å²) < 4.78 is 5.71. The van der Waals surface area contributed by atoms with Gasteiger partial charge in [-0.15, -0.1) is 10.2 Å². The molecule has 0 spiro atoms. The fraction of sp³-hybridized carbons (Fsp3) is 0. The van der Waals surface area contributed by atoms with Gasteiger partial charge >= 0.3 is 0 Å². The topological polar surface area (TPSA) is 128 Å². The summed E-state index contributed by atoms with van der Waals surface area (Å²) in [6, 6.07) is 30.5. The van der Waals surface area contributed by atoms with Crippen LogP contribution < -0.4 is 4.90 Å². The highest BCUT2D eigenvalue weighted by Crippen LogP contribution is 2.36. The molecule has 0 aliphatic rings. The molecule has 0 saturated heterocycles. The van der Waals surface area contributed by atoms with Gasteiger partial charge in [-0.05, 0) is 48.5 Å². The lowest BCUT2D eigenvalue weighted by Gasteiger charge is -2.25. The van der Waals surface area contributed by atoms with Crippen LogP contribution in [-0.4, -0.2) is 20.0 Å². The van der Waals surface area contributed by atoms with Crippen molar-refractivity contribution in [2.75, 3.05) is 4.90 Å². The molecule has 0 aliphatic carbocycles. The molecule has 0 N–H and O–H groups in total. The van der Waals surface area contributed by atoms with E-state index < -0.39 is 21.2 Å². The van der Waals surface area contributed by atoms with Crippen LogP contribution in [0.1, 0.15) is 0 Å². The lowest BCUT2D eigenvalue weighted by atomic mass is 10.1. The fourth-order valence-electron chi connectivity index (χ4n) is 3.74. The number of benzene rings is 4. The van der Waals surface area contributed by atoms with Gasteiger partial charge in [-0.25, -0.2) is 0 Å². The van der Waals surface area contributed by atoms with Crippen LogP contribution in [0.15, 0.2) is 108 Å². The lowest BCUT2D eigenvalue weighted by Crippen LogP contribution is -2.09. The Bertz CT molecular complexity index is 1460. The number of aromatic nitrogens is 2. The second-order valence-corrected chi connectivity index (χ2v) is 7.72. The van der Waals surface area contributed by atoms with Crippen LogP contribution in [0.4, 0.5) is 28.4 Å².